The lowest BCUT2D eigenvalue weighted by atomic mass is 9.97. The van der Waals surface area contributed by atoms with Crippen molar-refractivity contribution < 1.29 is 18.4 Å². The van der Waals surface area contributed by atoms with Gasteiger partial charge >= 0.3 is 0 Å². The van der Waals surface area contributed by atoms with Crippen LogP contribution in [-0.2, 0) is 4.79 Å². The fourth-order valence-corrected chi connectivity index (χ4v) is 2.94. The van der Waals surface area contributed by atoms with Crippen LogP contribution >= 0.6 is 12.4 Å². The van der Waals surface area contributed by atoms with E-state index in [1.165, 1.54) is 6.07 Å². The van der Waals surface area contributed by atoms with E-state index in [0.717, 1.165) is 38.1 Å². The molecule has 1 aliphatic rings. The predicted molar refractivity (Wildman–Crippen MR) is 90.4 cm³/mol. The lowest BCUT2D eigenvalue weighted by Gasteiger charge is -2.32. The average Bonchev–Trinajstić information content (AvgIpc) is 2.55. The number of rotatable bonds is 6. The summed E-state index contributed by atoms with van der Waals surface area (Å²) in [5.74, 6) is -1.99. The largest absolute Gasteiger partial charge is 0.342 e. The summed E-state index contributed by atoms with van der Waals surface area (Å²) in [6.45, 7) is 2.30. The van der Waals surface area contributed by atoms with Crippen molar-refractivity contribution in [2.45, 2.75) is 25.7 Å². The van der Waals surface area contributed by atoms with E-state index in [2.05, 4.69) is 5.32 Å². The van der Waals surface area contributed by atoms with Crippen LogP contribution in [0.4, 0.5) is 8.78 Å². The number of carbonyl (C=O) groups excluding carboxylic acids is 2. The lowest BCUT2D eigenvalue weighted by Crippen LogP contribution is -2.42. The van der Waals surface area contributed by atoms with Gasteiger partial charge in [0.2, 0.25) is 5.91 Å². The first-order valence-electron chi connectivity index (χ1n) is 7.92. The Labute approximate surface area is 147 Å². The van der Waals surface area contributed by atoms with Crippen LogP contribution in [0.3, 0.4) is 0 Å². The van der Waals surface area contributed by atoms with Gasteiger partial charge in [0.15, 0.2) is 17.4 Å². The maximum Gasteiger partial charge on any atom is 0.223 e. The van der Waals surface area contributed by atoms with Gasteiger partial charge in [0.25, 0.3) is 0 Å². The molecular weight excluding hydrogens is 338 g/mol. The summed E-state index contributed by atoms with van der Waals surface area (Å²) in [7, 11) is 1.89. The van der Waals surface area contributed by atoms with Crippen molar-refractivity contribution >= 4 is 24.1 Å². The van der Waals surface area contributed by atoms with Crippen LogP contribution in [0.15, 0.2) is 18.2 Å². The zero-order valence-corrected chi connectivity index (χ0v) is 14.5. The number of ketones is 1. The summed E-state index contributed by atoms with van der Waals surface area (Å²) in [4.78, 5) is 26.0. The Morgan fingerprint density at radius 3 is 2.67 bits per heavy atom. The van der Waals surface area contributed by atoms with Crippen molar-refractivity contribution in [3.8, 4) is 0 Å². The summed E-state index contributed by atoms with van der Waals surface area (Å²) in [6, 6.07) is 3.05. The highest BCUT2D eigenvalue weighted by Crippen LogP contribution is 2.18. The second kappa shape index (κ2) is 9.69. The van der Waals surface area contributed by atoms with Crippen LogP contribution in [-0.4, -0.2) is 43.3 Å². The van der Waals surface area contributed by atoms with E-state index in [0.29, 0.717) is 12.5 Å². The average molecular weight is 361 g/mol. The molecule has 0 spiro atoms. The number of halogens is 3. The van der Waals surface area contributed by atoms with Crippen LogP contribution in [0.1, 0.15) is 36.0 Å². The standard InChI is InChI=1S/C17H22F2N2O2.ClH/c1-20-10-12-3-2-8-21(11-12)17(23)7-6-16(22)13-4-5-14(18)15(19)9-13;/h4-5,9,12,20H,2-3,6-8,10-11H2,1H3;1H. The molecule has 4 nitrogen and oxygen atoms in total. The summed E-state index contributed by atoms with van der Waals surface area (Å²) in [6.07, 6.45) is 2.18. The molecule has 24 heavy (non-hydrogen) atoms. The van der Waals surface area contributed by atoms with Gasteiger partial charge in [-0.05, 0) is 50.6 Å². The molecule has 1 aromatic carbocycles. The van der Waals surface area contributed by atoms with E-state index < -0.39 is 11.6 Å². The van der Waals surface area contributed by atoms with Crippen molar-refractivity contribution in [2.24, 2.45) is 5.92 Å². The van der Waals surface area contributed by atoms with Crippen LogP contribution in [0.25, 0.3) is 0 Å². The quantitative estimate of drug-likeness (QED) is 0.794. The molecule has 1 aliphatic heterocycles. The fourth-order valence-electron chi connectivity index (χ4n) is 2.94. The maximum atomic E-state index is 13.1. The van der Waals surface area contributed by atoms with Gasteiger partial charge in [0.1, 0.15) is 0 Å². The van der Waals surface area contributed by atoms with E-state index >= 15 is 0 Å². The fraction of sp³-hybridized carbons (Fsp3) is 0.529. The Balaban J connectivity index is 0.00000288. The molecule has 2 rings (SSSR count). The number of piperidine rings is 1. The Morgan fingerprint density at radius 2 is 2.00 bits per heavy atom. The van der Waals surface area contributed by atoms with Gasteiger partial charge in [0, 0.05) is 31.5 Å². The van der Waals surface area contributed by atoms with Crippen LogP contribution in [0, 0.1) is 17.6 Å². The molecule has 134 valence electrons. The van der Waals surface area contributed by atoms with Gasteiger partial charge in [-0.15, -0.1) is 12.4 Å². The lowest BCUT2D eigenvalue weighted by molar-refractivity contribution is -0.132. The van der Waals surface area contributed by atoms with Crippen molar-refractivity contribution in [3.63, 3.8) is 0 Å². The van der Waals surface area contributed by atoms with Gasteiger partial charge in [-0.1, -0.05) is 0 Å². The Hall–Kier alpha value is -1.53. The van der Waals surface area contributed by atoms with Crippen LogP contribution < -0.4 is 5.32 Å². The molecule has 1 amide bonds. The van der Waals surface area contributed by atoms with Gasteiger partial charge in [-0.2, -0.15) is 0 Å². The van der Waals surface area contributed by atoms with Gasteiger partial charge < -0.3 is 10.2 Å². The van der Waals surface area contributed by atoms with Crippen molar-refractivity contribution in [1.82, 2.24) is 10.2 Å². The monoisotopic (exact) mass is 360 g/mol. The van der Waals surface area contributed by atoms with Gasteiger partial charge in [-0.25, -0.2) is 8.78 Å². The van der Waals surface area contributed by atoms with Gasteiger partial charge in [-0.3, -0.25) is 9.59 Å². The summed E-state index contributed by atoms with van der Waals surface area (Å²) in [5, 5.41) is 3.12. The molecule has 7 heteroatoms. The molecule has 0 bridgehead atoms. The molecule has 1 atom stereocenters. The van der Waals surface area contributed by atoms with Crippen molar-refractivity contribution in [1.29, 1.82) is 0 Å². The highest BCUT2D eigenvalue weighted by molar-refractivity contribution is 5.97. The number of Topliss-reactive ketones (excluding diaryl/α,β-unsaturated/α-hetero) is 1. The zero-order valence-electron chi connectivity index (χ0n) is 13.7. The molecule has 1 unspecified atom stereocenters. The Kier molecular flexibility index (Phi) is 8.28. The highest BCUT2D eigenvalue weighted by Gasteiger charge is 2.23. The molecule has 1 saturated heterocycles. The van der Waals surface area contributed by atoms with Crippen LogP contribution in [0.2, 0.25) is 0 Å². The molecule has 1 heterocycles. The topological polar surface area (TPSA) is 49.4 Å². The zero-order chi connectivity index (χ0) is 16.8. The number of nitrogens with one attached hydrogen (secondary N) is 1. The molecule has 0 radical (unpaired) electrons. The third-order valence-electron chi connectivity index (χ3n) is 4.17. The maximum absolute atomic E-state index is 13.1. The highest BCUT2D eigenvalue weighted by atomic mass is 35.5. The van der Waals surface area contributed by atoms with E-state index in [4.69, 9.17) is 0 Å². The summed E-state index contributed by atoms with van der Waals surface area (Å²) < 4.78 is 26.0. The van der Waals surface area contributed by atoms with E-state index in [-0.39, 0.29) is 42.5 Å². The van der Waals surface area contributed by atoms with Crippen molar-refractivity contribution in [3.05, 3.63) is 35.4 Å². The number of carbonyl (C=O) groups is 2. The number of amides is 1. The smallest absolute Gasteiger partial charge is 0.223 e. The molecule has 0 saturated carbocycles. The minimum atomic E-state index is -1.05. The van der Waals surface area contributed by atoms with Gasteiger partial charge in [0.05, 0.1) is 0 Å². The van der Waals surface area contributed by atoms with E-state index in [1.54, 1.807) is 4.90 Å². The Bertz CT molecular complexity index is 582. The first kappa shape index (κ1) is 20.5. The molecule has 0 aromatic heterocycles. The molecule has 1 aromatic rings. The van der Waals surface area contributed by atoms with Crippen molar-refractivity contribution in [2.75, 3.05) is 26.7 Å². The first-order chi connectivity index (χ1) is 11.0. The van der Waals surface area contributed by atoms with Crippen LogP contribution in [0.5, 0.6) is 0 Å². The number of nitrogens with zero attached hydrogens (tertiary/aromatic N) is 1. The molecule has 1 N–H and O–H groups in total. The molecule has 0 aliphatic carbocycles. The summed E-state index contributed by atoms with van der Waals surface area (Å²) >= 11 is 0. The second-order valence-electron chi connectivity index (χ2n) is 5.96. The predicted octanol–water partition coefficient (Wildman–Crippen LogP) is 2.81. The number of benzene rings is 1. The van der Waals surface area contributed by atoms with E-state index in [1.807, 2.05) is 7.05 Å². The Morgan fingerprint density at radius 1 is 1.25 bits per heavy atom. The second-order valence-corrected chi connectivity index (χ2v) is 5.96. The number of hydrogen-bond donors (Lipinski definition) is 1. The third-order valence-corrected chi connectivity index (χ3v) is 4.17. The molecule has 1 fully saturated rings. The first-order valence-corrected chi connectivity index (χ1v) is 7.92. The minimum absolute atomic E-state index is 0. The minimum Gasteiger partial charge on any atom is -0.342 e. The molecular formula is C17H23ClF2N2O2. The number of likely N-dealkylation sites (tertiary alicyclic amines) is 1. The van der Waals surface area contributed by atoms with E-state index in [9.17, 15) is 18.4 Å². The summed E-state index contributed by atoms with van der Waals surface area (Å²) in [5.41, 5.74) is 0.100. The SMILES string of the molecule is CNCC1CCCN(C(=O)CCC(=O)c2ccc(F)c(F)c2)C1.Cl. The third kappa shape index (κ3) is 5.53. The number of hydrogen-bond acceptors (Lipinski definition) is 3. The normalized spacial score (nSPS) is 17.3.